The van der Waals surface area contributed by atoms with E-state index in [4.69, 9.17) is 0 Å². The van der Waals surface area contributed by atoms with Gasteiger partial charge in [0, 0.05) is 0 Å². The van der Waals surface area contributed by atoms with Crippen LogP contribution in [0, 0.1) is 17.8 Å². The highest BCUT2D eigenvalue weighted by Gasteiger charge is 2.51. The average Bonchev–Trinajstić information content (AvgIpc) is 3.05. The lowest BCUT2D eigenvalue weighted by Crippen LogP contribution is -2.48. The van der Waals surface area contributed by atoms with Crippen molar-refractivity contribution in [2.24, 2.45) is 17.8 Å². The van der Waals surface area contributed by atoms with Crippen LogP contribution in [0.3, 0.4) is 0 Å². The summed E-state index contributed by atoms with van der Waals surface area (Å²) in [5.41, 5.74) is 7.96. The fraction of sp³-hybridized carbons (Fsp3) is 0.440. The molecule has 2 aromatic carbocycles. The van der Waals surface area contributed by atoms with Crippen molar-refractivity contribution in [3.05, 3.63) is 70.8 Å². The molecule has 5 aliphatic carbocycles. The molecule has 4 bridgehead atoms. The largest absolute Gasteiger partial charge is 0.0619 e. The molecule has 5 aliphatic rings. The van der Waals surface area contributed by atoms with E-state index >= 15 is 0 Å². The molecule has 0 radical (unpaired) electrons. The average molecular weight is 326 g/mol. The fourth-order valence-electron chi connectivity index (χ4n) is 6.97. The molecule has 7 rings (SSSR count). The molecule has 2 aromatic rings. The van der Waals surface area contributed by atoms with Crippen molar-refractivity contribution in [2.75, 3.05) is 0 Å². The molecule has 0 saturated heterocycles. The summed E-state index contributed by atoms with van der Waals surface area (Å²) >= 11 is 0. The van der Waals surface area contributed by atoms with Crippen LogP contribution in [0.4, 0.5) is 0 Å². The Kier molecular flexibility index (Phi) is 2.93. The van der Waals surface area contributed by atoms with Gasteiger partial charge < -0.3 is 0 Å². The van der Waals surface area contributed by atoms with Gasteiger partial charge in [-0.05, 0) is 95.9 Å². The van der Waals surface area contributed by atoms with E-state index in [1.54, 1.807) is 5.56 Å². The van der Waals surface area contributed by atoms with Crippen LogP contribution in [0.1, 0.15) is 60.8 Å². The van der Waals surface area contributed by atoms with Gasteiger partial charge in [-0.15, -0.1) is 0 Å². The van der Waals surface area contributed by atoms with Crippen molar-refractivity contribution in [1.29, 1.82) is 0 Å². The van der Waals surface area contributed by atoms with Crippen LogP contribution < -0.4 is 0 Å². The molecule has 0 spiro atoms. The van der Waals surface area contributed by atoms with E-state index in [-0.39, 0.29) is 0 Å². The van der Waals surface area contributed by atoms with Crippen molar-refractivity contribution in [3.63, 3.8) is 0 Å². The second kappa shape index (κ2) is 5.10. The Balaban J connectivity index is 1.31. The molecule has 0 aliphatic heterocycles. The molecule has 0 heterocycles. The van der Waals surface area contributed by atoms with Crippen LogP contribution >= 0.6 is 0 Å². The number of allylic oxidation sites excluding steroid dienone is 1. The first-order valence-corrected chi connectivity index (χ1v) is 10.2. The van der Waals surface area contributed by atoms with Crippen LogP contribution in [-0.2, 0) is 11.8 Å². The Morgan fingerprint density at radius 3 is 2.00 bits per heavy atom. The Hall–Kier alpha value is -1.82. The van der Waals surface area contributed by atoms with Gasteiger partial charge in [0.2, 0.25) is 0 Å². The van der Waals surface area contributed by atoms with E-state index in [1.807, 2.05) is 0 Å². The second-order valence-electron chi connectivity index (χ2n) is 9.32. The molecule has 0 amide bonds. The minimum Gasteiger partial charge on any atom is -0.0619 e. The van der Waals surface area contributed by atoms with Crippen LogP contribution in [0.15, 0.2) is 48.5 Å². The highest BCUT2D eigenvalue weighted by molar-refractivity contribution is 5.88. The third kappa shape index (κ3) is 2.19. The van der Waals surface area contributed by atoms with E-state index < -0.39 is 0 Å². The molecule has 0 nitrogen and oxygen atoms in total. The number of rotatable bonds is 2. The third-order valence-corrected chi connectivity index (χ3v) is 7.67. The topological polar surface area (TPSA) is 0 Å². The van der Waals surface area contributed by atoms with Crippen molar-refractivity contribution >= 4 is 11.6 Å². The smallest absolute Gasteiger partial charge is 0.00137 e. The van der Waals surface area contributed by atoms with Crippen molar-refractivity contribution in [3.8, 4) is 0 Å². The SMILES string of the molecule is C1=C(c2ccc(C34CC5CC(CC(C5)C3)C4)cc2)Cc2ccccc21. The maximum Gasteiger partial charge on any atom is -0.00137 e. The van der Waals surface area contributed by atoms with Gasteiger partial charge in [0.15, 0.2) is 0 Å². The number of benzene rings is 2. The van der Waals surface area contributed by atoms with E-state index in [1.165, 1.54) is 60.8 Å². The Morgan fingerprint density at radius 2 is 1.36 bits per heavy atom. The highest BCUT2D eigenvalue weighted by atomic mass is 14.6. The number of hydrogen-bond acceptors (Lipinski definition) is 0. The quantitative estimate of drug-likeness (QED) is 0.612. The molecule has 0 atom stereocenters. The summed E-state index contributed by atoms with van der Waals surface area (Å²) in [7, 11) is 0. The summed E-state index contributed by atoms with van der Waals surface area (Å²) in [5.74, 6) is 3.08. The Bertz CT molecular complexity index is 817. The molecule has 0 N–H and O–H groups in total. The van der Waals surface area contributed by atoms with E-state index in [0.717, 1.165) is 24.2 Å². The monoisotopic (exact) mass is 326 g/mol. The summed E-state index contributed by atoms with van der Waals surface area (Å²) in [6.07, 6.45) is 12.5. The minimum absolute atomic E-state index is 0.528. The number of fused-ring (bicyclic) bond motifs is 1. The van der Waals surface area contributed by atoms with Crippen molar-refractivity contribution in [2.45, 2.75) is 50.4 Å². The van der Waals surface area contributed by atoms with Crippen LogP contribution in [0.5, 0.6) is 0 Å². The maximum absolute atomic E-state index is 2.48. The molecule has 0 aromatic heterocycles. The zero-order chi connectivity index (χ0) is 16.4. The summed E-state index contributed by atoms with van der Waals surface area (Å²) in [4.78, 5) is 0. The lowest BCUT2D eigenvalue weighted by molar-refractivity contribution is -0.00518. The van der Waals surface area contributed by atoms with Gasteiger partial charge in [-0.3, -0.25) is 0 Å². The van der Waals surface area contributed by atoms with Crippen molar-refractivity contribution < 1.29 is 0 Å². The van der Waals surface area contributed by atoms with Crippen LogP contribution in [0.25, 0.3) is 11.6 Å². The molecule has 0 unspecified atom stereocenters. The van der Waals surface area contributed by atoms with Gasteiger partial charge in [-0.1, -0.05) is 54.6 Å². The van der Waals surface area contributed by atoms with Gasteiger partial charge in [-0.2, -0.15) is 0 Å². The standard InChI is InChI=1S/C25H26/c1-2-4-22-13-23(12-21(22)3-1)20-5-7-24(8-6-20)25-14-17-9-18(15-25)11-19(10-17)16-25/h1-8,12,17-19H,9-11,13-16H2. The minimum atomic E-state index is 0.528. The van der Waals surface area contributed by atoms with E-state index in [2.05, 4.69) is 54.6 Å². The Morgan fingerprint density at radius 1 is 0.720 bits per heavy atom. The summed E-state index contributed by atoms with van der Waals surface area (Å²) in [6.45, 7) is 0. The van der Waals surface area contributed by atoms with Crippen molar-refractivity contribution in [1.82, 2.24) is 0 Å². The predicted molar refractivity (Wildman–Crippen MR) is 104 cm³/mol. The van der Waals surface area contributed by atoms with E-state index in [0.29, 0.717) is 5.41 Å². The molecule has 4 saturated carbocycles. The molecule has 4 fully saturated rings. The highest BCUT2D eigenvalue weighted by Crippen LogP contribution is 2.60. The van der Waals surface area contributed by atoms with Gasteiger partial charge in [0.25, 0.3) is 0 Å². The molecule has 0 heteroatoms. The first kappa shape index (κ1) is 14.4. The van der Waals surface area contributed by atoms with Gasteiger partial charge in [0.1, 0.15) is 0 Å². The van der Waals surface area contributed by atoms with E-state index in [9.17, 15) is 0 Å². The van der Waals surface area contributed by atoms with Gasteiger partial charge >= 0.3 is 0 Å². The first-order chi connectivity index (χ1) is 12.3. The maximum atomic E-state index is 2.48. The molecular formula is C25H26. The molecular weight excluding hydrogens is 300 g/mol. The second-order valence-corrected chi connectivity index (χ2v) is 9.32. The van der Waals surface area contributed by atoms with Crippen LogP contribution in [-0.4, -0.2) is 0 Å². The lowest BCUT2D eigenvalue weighted by Gasteiger charge is -2.57. The van der Waals surface area contributed by atoms with Crippen LogP contribution in [0.2, 0.25) is 0 Å². The normalized spacial score (nSPS) is 34.9. The lowest BCUT2D eigenvalue weighted by atomic mass is 9.48. The summed E-state index contributed by atoms with van der Waals surface area (Å²) in [6, 6.07) is 18.6. The Labute approximate surface area is 151 Å². The number of hydrogen-bond donors (Lipinski definition) is 0. The molecule has 25 heavy (non-hydrogen) atoms. The summed E-state index contributed by atoms with van der Waals surface area (Å²) < 4.78 is 0. The van der Waals surface area contributed by atoms with Gasteiger partial charge in [-0.25, -0.2) is 0 Å². The third-order valence-electron chi connectivity index (χ3n) is 7.67. The fourth-order valence-corrected chi connectivity index (χ4v) is 6.97. The zero-order valence-corrected chi connectivity index (χ0v) is 14.9. The first-order valence-electron chi connectivity index (χ1n) is 10.2. The summed E-state index contributed by atoms with van der Waals surface area (Å²) in [5, 5.41) is 0. The van der Waals surface area contributed by atoms with Gasteiger partial charge in [0.05, 0.1) is 0 Å². The zero-order valence-electron chi connectivity index (χ0n) is 14.9. The molecule has 126 valence electrons. The predicted octanol–water partition coefficient (Wildman–Crippen LogP) is 6.25.